The van der Waals surface area contributed by atoms with E-state index in [1.807, 2.05) is 73.7 Å². The maximum Gasteiger partial charge on any atom is 0.323 e. The molecule has 9 nitrogen and oxygen atoms in total. The number of hydrogen-bond donors (Lipinski definition) is 2. The van der Waals surface area contributed by atoms with Crippen molar-refractivity contribution in [2.45, 2.75) is 6.92 Å². The topological polar surface area (TPSA) is 106 Å². The van der Waals surface area contributed by atoms with Gasteiger partial charge in [-0.25, -0.2) is 4.79 Å². The summed E-state index contributed by atoms with van der Waals surface area (Å²) in [6, 6.07) is 23.6. The number of anilines is 2. The zero-order chi connectivity index (χ0) is 23.3. The van der Waals surface area contributed by atoms with Gasteiger partial charge in [-0.05, 0) is 67.6 Å². The summed E-state index contributed by atoms with van der Waals surface area (Å²) in [6.45, 7) is 2.51. The minimum atomic E-state index is -0.346. The Morgan fingerprint density at radius 3 is 2.53 bits per heavy atom. The third kappa shape index (κ3) is 4.53. The number of aromatic nitrogens is 5. The van der Waals surface area contributed by atoms with Crippen LogP contribution in [0.5, 0.6) is 5.75 Å². The molecule has 0 atom stereocenters. The number of pyridine rings is 1. The first-order valence-electron chi connectivity index (χ1n) is 10.7. The van der Waals surface area contributed by atoms with Crippen LogP contribution >= 0.6 is 0 Å². The Bertz CT molecular complexity index is 1430. The van der Waals surface area contributed by atoms with Gasteiger partial charge in [0.2, 0.25) is 5.82 Å². The van der Waals surface area contributed by atoms with Gasteiger partial charge in [0.05, 0.1) is 12.3 Å². The van der Waals surface area contributed by atoms with Gasteiger partial charge < -0.3 is 15.4 Å². The smallest absolute Gasteiger partial charge is 0.323 e. The van der Waals surface area contributed by atoms with Gasteiger partial charge in [0, 0.05) is 23.1 Å². The molecule has 2 aromatic carbocycles. The van der Waals surface area contributed by atoms with Gasteiger partial charge in [0.15, 0.2) is 5.65 Å². The summed E-state index contributed by atoms with van der Waals surface area (Å²) in [4.78, 5) is 16.8. The average molecular weight is 451 g/mol. The maximum atomic E-state index is 12.5. The van der Waals surface area contributed by atoms with Crippen LogP contribution < -0.4 is 15.4 Å². The molecule has 3 heterocycles. The summed E-state index contributed by atoms with van der Waals surface area (Å²) >= 11 is 0. The summed E-state index contributed by atoms with van der Waals surface area (Å²) in [5.74, 6) is 1.31. The van der Waals surface area contributed by atoms with E-state index < -0.39 is 0 Å². The van der Waals surface area contributed by atoms with Crippen LogP contribution in [0.1, 0.15) is 6.92 Å². The number of amides is 2. The summed E-state index contributed by atoms with van der Waals surface area (Å²) in [5, 5.41) is 18.8. The lowest BCUT2D eigenvalue weighted by atomic mass is 10.1. The molecule has 0 bridgehead atoms. The van der Waals surface area contributed by atoms with E-state index in [4.69, 9.17) is 9.84 Å². The van der Waals surface area contributed by atoms with E-state index in [2.05, 4.69) is 25.8 Å². The first kappa shape index (κ1) is 21.1. The quantitative estimate of drug-likeness (QED) is 0.380. The lowest BCUT2D eigenvalue weighted by Crippen LogP contribution is -2.19. The van der Waals surface area contributed by atoms with E-state index in [0.29, 0.717) is 40.8 Å². The highest BCUT2D eigenvalue weighted by atomic mass is 16.5. The van der Waals surface area contributed by atoms with E-state index in [0.717, 1.165) is 11.3 Å². The Labute approximate surface area is 195 Å². The van der Waals surface area contributed by atoms with Crippen LogP contribution in [0.25, 0.3) is 28.4 Å². The van der Waals surface area contributed by atoms with Gasteiger partial charge in [-0.1, -0.05) is 18.2 Å². The van der Waals surface area contributed by atoms with Crippen molar-refractivity contribution in [2.75, 3.05) is 17.2 Å². The molecule has 0 spiro atoms. The summed E-state index contributed by atoms with van der Waals surface area (Å²) in [5.41, 5.74) is 4.14. The molecule has 0 saturated heterocycles. The number of urea groups is 1. The second kappa shape index (κ2) is 9.37. The van der Waals surface area contributed by atoms with Crippen LogP contribution in [0.15, 0.2) is 85.1 Å². The largest absolute Gasteiger partial charge is 0.494 e. The third-order valence-electron chi connectivity index (χ3n) is 5.00. The fraction of sp³-hybridized carbons (Fsp3) is 0.0800. The Kier molecular flexibility index (Phi) is 5.81. The molecule has 168 valence electrons. The molecule has 0 aliphatic carbocycles. The van der Waals surface area contributed by atoms with Gasteiger partial charge in [-0.15, -0.1) is 10.2 Å². The number of nitrogens with zero attached hydrogens (tertiary/aromatic N) is 5. The summed E-state index contributed by atoms with van der Waals surface area (Å²) in [6.07, 6.45) is 1.70. The number of rotatable bonds is 6. The van der Waals surface area contributed by atoms with E-state index in [1.54, 1.807) is 22.8 Å². The van der Waals surface area contributed by atoms with Gasteiger partial charge in [0.1, 0.15) is 11.4 Å². The minimum absolute atomic E-state index is 0.346. The zero-order valence-corrected chi connectivity index (χ0v) is 18.3. The molecular formula is C25H21N7O2. The zero-order valence-electron chi connectivity index (χ0n) is 18.3. The molecule has 9 heteroatoms. The number of fused-ring (bicyclic) bond motifs is 1. The van der Waals surface area contributed by atoms with Crippen molar-refractivity contribution in [2.24, 2.45) is 0 Å². The molecule has 0 radical (unpaired) electrons. The summed E-state index contributed by atoms with van der Waals surface area (Å²) in [7, 11) is 0. The van der Waals surface area contributed by atoms with Crippen molar-refractivity contribution in [3.63, 3.8) is 0 Å². The minimum Gasteiger partial charge on any atom is -0.494 e. The van der Waals surface area contributed by atoms with Crippen LogP contribution in [-0.4, -0.2) is 37.4 Å². The second-order valence-electron chi connectivity index (χ2n) is 7.34. The number of carbonyl (C=O) groups excluding carboxylic acids is 1. The fourth-order valence-corrected chi connectivity index (χ4v) is 3.45. The lowest BCUT2D eigenvalue weighted by Gasteiger charge is -2.10. The van der Waals surface area contributed by atoms with Gasteiger partial charge in [-0.3, -0.25) is 4.98 Å². The maximum absolute atomic E-state index is 12.5. The predicted octanol–water partition coefficient (Wildman–Crippen LogP) is 4.90. The first-order valence-corrected chi connectivity index (χ1v) is 10.7. The highest BCUT2D eigenvalue weighted by molar-refractivity contribution is 6.00. The Balaban J connectivity index is 1.35. The molecular weight excluding hydrogens is 430 g/mol. The molecule has 0 saturated carbocycles. The number of ether oxygens (including phenoxy) is 1. The van der Waals surface area contributed by atoms with Crippen molar-refractivity contribution in [3.8, 4) is 28.5 Å². The first-order chi connectivity index (χ1) is 16.7. The fourth-order valence-electron chi connectivity index (χ4n) is 3.45. The van der Waals surface area contributed by atoms with E-state index in [-0.39, 0.29) is 6.03 Å². The van der Waals surface area contributed by atoms with Crippen molar-refractivity contribution >= 4 is 23.1 Å². The van der Waals surface area contributed by atoms with Crippen LogP contribution in [0, 0.1) is 0 Å². The second-order valence-corrected chi connectivity index (χ2v) is 7.34. The molecule has 0 unspecified atom stereocenters. The van der Waals surface area contributed by atoms with E-state index in [9.17, 15) is 4.79 Å². The normalized spacial score (nSPS) is 10.7. The van der Waals surface area contributed by atoms with Crippen molar-refractivity contribution in [3.05, 3.63) is 85.1 Å². The third-order valence-corrected chi connectivity index (χ3v) is 5.00. The molecule has 5 rings (SSSR count). The number of nitrogens with one attached hydrogen (secondary N) is 2. The van der Waals surface area contributed by atoms with Gasteiger partial charge in [-0.2, -0.15) is 9.61 Å². The van der Waals surface area contributed by atoms with Crippen molar-refractivity contribution < 1.29 is 9.53 Å². The molecule has 2 N–H and O–H groups in total. The number of benzene rings is 2. The van der Waals surface area contributed by atoms with Crippen molar-refractivity contribution in [1.29, 1.82) is 0 Å². The molecule has 0 aliphatic heterocycles. The van der Waals surface area contributed by atoms with Crippen LogP contribution in [-0.2, 0) is 0 Å². The molecule has 2 amide bonds. The monoisotopic (exact) mass is 451 g/mol. The number of carbonyl (C=O) groups is 1. The summed E-state index contributed by atoms with van der Waals surface area (Å²) < 4.78 is 7.09. The molecule has 3 aromatic heterocycles. The average Bonchev–Trinajstić information content (AvgIpc) is 3.29. The standard InChI is InChI=1S/C25H21N7O2/c1-2-34-20-11-9-18(10-12-20)27-25(33)28-19-7-5-6-17(16-19)21-13-14-23-29-30-24(32(23)31-21)22-8-3-4-15-26-22/h3-16H,2H2,1H3,(H2,27,28,33). The molecule has 34 heavy (non-hydrogen) atoms. The van der Waals surface area contributed by atoms with E-state index >= 15 is 0 Å². The van der Waals surface area contributed by atoms with Crippen LogP contribution in [0.2, 0.25) is 0 Å². The highest BCUT2D eigenvalue weighted by Crippen LogP contribution is 2.23. The van der Waals surface area contributed by atoms with Crippen LogP contribution in [0.3, 0.4) is 0 Å². The van der Waals surface area contributed by atoms with Crippen molar-refractivity contribution in [1.82, 2.24) is 24.8 Å². The molecule has 0 aliphatic rings. The Hall–Kier alpha value is -4.79. The highest BCUT2D eigenvalue weighted by Gasteiger charge is 2.12. The van der Waals surface area contributed by atoms with Gasteiger partial charge in [0.25, 0.3) is 0 Å². The molecule has 5 aromatic rings. The Morgan fingerprint density at radius 1 is 0.882 bits per heavy atom. The van der Waals surface area contributed by atoms with E-state index in [1.165, 1.54) is 0 Å². The van der Waals surface area contributed by atoms with Gasteiger partial charge >= 0.3 is 6.03 Å². The molecule has 0 fully saturated rings. The Morgan fingerprint density at radius 2 is 1.74 bits per heavy atom. The number of hydrogen-bond acceptors (Lipinski definition) is 6. The predicted molar refractivity (Wildman–Crippen MR) is 130 cm³/mol. The SMILES string of the molecule is CCOc1ccc(NC(=O)Nc2cccc(-c3ccc4nnc(-c5ccccn5)n4n3)c2)cc1. The lowest BCUT2D eigenvalue weighted by molar-refractivity contribution is 0.262. The van der Waals surface area contributed by atoms with Crippen LogP contribution in [0.4, 0.5) is 16.2 Å².